The maximum atomic E-state index is 12.0. The fourth-order valence-electron chi connectivity index (χ4n) is 1.99. The molecule has 2 aliphatic rings. The van der Waals surface area contributed by atoms with Gasteiger partial charge in [0.25, 0.3) is 0 Å². The van der Waals surface area contributed by atoms with E-state index in [0.717, 1.165) is 0 Å². The van der Waals surface area contributed by atoms with E-state index in [-0.39, 0.29) is 13.2 Å². The summed E-state index contributed by atoms with van der Waals surface area (Å²) in [6, 6.07) is 0. The smallest absolute Gasteiger partial charge is 0.426 e. The van der Waals surface area contributed by atoms with Crippen LogP contribution in [-0.4, -0.2) is 49.8 Å². The minimum atomic E-state index is -4.07. The van der Waals surface area contributed by atoms with E-state index in [9.17, 15) is 13.2 Å². The summed E-state index contributed by atoms with van der Waals surface area (Å²) in [6.07, 6.45) is -0.489. The van der Waals surface area contributed by atoms with Crippen molar-refractivity contribution in [2.45, 2.75) is 38.3 Å². The van der Waals surface area contributed by atoms with E-state index in [0.29, 0.717) is 17.3 Å². The Bertz CT molecular complexity index is 445. The lowest BCUT2D eigenvalue weighted by molar-refractivity contribution is 0.0228. The SMILES string of the molecule is CC(C)(C)OC(=O)N1[C@]2(CCOC2)COS1(=O)=O. The van der Waals surface area contributed by atoms with Gasteiger partial charge in [-0.2, -0.15) is 12.7 Å². The van der Waals surface area contributed by atoms with Crippen LogP contribution < -0.4 is 0 Å². The van der Waals surface area contributed by atoms with Crippen LogP contribution in [-0.2, 0) is 24.0 Å². The molecule has 0 aromatic carbocycles. The zero-order chi connectivity index (χ0) is 13.6. The molecule has 1 spiro atoms. The summed E-state index contributed by atoms with van der Waals surface area (Å²) in [6.45, 7) is 5.49. The monoisotopic (exact) mass is 279 g/mol. The maximum absolute atomic E-state index is 12.0. The summed E-state index contributed by atoms with van der Waals surface area (Å²) in [4.78, 5) is 12.0. The van der Waals surface area contributed by atoms with Gasteiger partial charge in [-0.3, -0.25) is 4.18 Å². The van der Waals surface area contributed by atoms with E-state index < -0.39 is 27.5 Å². The fourth-order valence-corrected chi connectivity index (χ4v) is 3.36. The van der Waals surface area contributed by atoms with E-state index in [1.54, 1.807) is 20.8 Å². The highest BCUT2D eigenvalue weighted by molar-refractivity contribution is 7.85. The number of amides is 1. The first-order valence-corrected chi connectivity index (χ1v) is 7.03. The lowest BCUT2D eigenvalue weighted by Gasteiger charge is -2.30. The number of nitrogens with zero attached hydrogens (tertiary/aromatic N) is 1. The number of carbonyl (C=O) groups excluding carboxylic acids is 1. The fraction of sp³-hybridized carbons (Fsp3) is 0.900. The summed E-state index contributed by atoms with van der Waals surface area (Å²) in [5.41, 5.74) is -1.71. The quantitative estimate of drug-likeness (QED) is 0.648. The first kappa shape index (κ1) is 13.6. The predicted molar refractivity (Wildman–Crippen MR) is 61.1 cm³/mol. The Hall–Kier alpha value is -0.860. The van der Waals surface area contributed by atoms with Crippen LogP contribution in [0.3, 0.4) is 0 Å². The molecule has 0 aliphatic carbocycles. The average Bonchev–Trinajstić information content (AvgIpc) is 2.70. The van der Waals surface area contributed by atoms with Gasteiger partial charge >= 0.3 is 16.4 Å². The number of ether oxygens (including phenoxy) is 2. The van der Waals surface area contributed by atoms with Crippen LogP contribution in [0.15, 0.2) is 0 Å². The molecule has 0 aromatic rings. The molecule has 0 N–H and O–H groups in total. The van der Waals surface area contributed by atoms with Gasteiger partial charge in [0.2, 0.25) is 0 Å². The number of hydrogen-bond donors (Lipinski definition) is 0. The molecule has 18 heavy (non-hydrogen) atoms. The van der Waals surface area contributed by atoms with E-state index in [1.807, 2.05) is 0 Å². The molecule has 2 aliphatic heterocycles. The Balaban J connectivity index is 2.29. The molecule has 2 heterocycles. The highest BCUT2D eigenvalue weighted by Crippen LogP contribution is 2.36. The molecule has 2 rings (SSSR count). The van der Waals surface area contributed by atoms with Crippen LogP contribution in [0.1, 0.15) is 27.2 Å². The van der Waals surface area contributed by atoms with Gasteiger partial charge in [-0.05, 0) is 27.2 Å². The normalized spacial score (nSPS) is 30.9. The van der Waals surface area contributed by atoms with Crippen molar-refractivity contribution < 1.29 is 26.9 Å². The van der Waals surface area contributed by atoms with Gasteiger partial charge in [-0.25, -0.2) is 4.79 Å². The van der Waals surface area contributed by atoms with Crippen molar-refractivity contribution in [3.8, 4) is 0 Å². The van der Waals surface area contributed by atoms with Crippen LogP contribution in [0.5, 0.6) is 0 Å². The minimum absolute atomic E-state index is 0.0748. The summed E-state index contributed by atoms with van der Waals surface area (Å²) in [7, 11) is -4.07. The minimum Gasteiger partial charge on any atom is -0.443 e. The van der Waals surface area contributed by atoms with Gasteiger partial charge in [0, 0.05) is 6.61 Å². The summed E-state index contributed by atoms with van der Waals surface area (Å²) >= 11 is 0. The average molecular weight is 279 g/mol. The molecule has 8 heteroatoms. The van der Waals surface area contributed by atoms with Crippen LogP contribution in [0.25, 0.3) is 0 Å². The van der Waals surface area contributed by atoms with Crippen LogP contribution in [0.2, 0.25) is 0 Å². The zero-order valence-corrected chi connectivity index (χ0v) is 11.4. The number of carbonyl (C=O) groups is 1. The number of hydrogen-bond acceptors (Lipinski definition) is 6. The summed E-state index contributed by atoms with van der Waals surface area (Å²) < 4.78 is 39.3. The first-order valence-electron chi connectivity index (χ1n) is 5.67. The van der Waals surface area contributed by atoms with E-state index in [2.05, 4.69) is 0 Å². The Morgan fingerprint density at radius 3 is 2.50 bits per heavy atom. The molecule has 0 bridgehead atoms. The molecular weight excluding hydrogens is 262 g/mol. The molecule has 0 radical (unpaired) electrons. The van der Waals surface area contributed by atoms with Crippen LogP contribution in [0, 0.1) is 0 Å². The van der Waals surface area contributed by atoms with Gasteiger partial charge in [0.15, 0.2) is 0 Å². The molecule has 104 valence electrons. The van der Waals surface area contributed by atoms with Crippen molar-refractivity contribution in [3.63, 3.8) is 0 Å². The second-order valence-corrected chi connectivity index (χ2v) is 6.95. The third kappa shape index (κ3) is 2.32. The Kier molecular flexibility index (Phi) is 3.07. The molecule has 0 unspecified atom stereocenters. The summed E-state index contributed by atoms with van der Waals surface area (Å²) in [5, 5.41) is 0. The van der Waals surface area contributed by atoms with Crippen LogP contribution in [0.4, 0.5) is 4.79 Å². The Morgan fingerprint density at radius 2 is 2.00 bits per heavy atom. The van der Waals surface area contributed by atoms with Crippen LogP contribution >= 0.6 is 0 Å². The standard InChI is InChI=1S/C10H17NO6S/c1-9(2,3)17-8(12)11-10(4-5-15-6-10)7-16-18(11,13)14/h4-7H2,1-3H3/t10-/m0/s1. The third-order valence-corrected chi connectivity index (χ3v) is 4.17. The van der Waals surface area contributed by atoms with E-state index >= 15 is 0 Å². The molecule has 1 atom stereocenters. The highest BCUT2D eigenvalue weighted by atomic mass is 32.2. The predicted octanol–water partition coefficient (Wildman–Crippen LogP) is 0.658. The largest absolute Gasteiger partial charge is 0.443 e. The molecule has 0 saturated carbocycles. The van der Waals surface area contributed by atoms with Gasteiger partial charge in [-0.15, -0.1) is 0 Å². The van der Waals surface area contributed by atoms with Crippen molar-refractivity contribution in [1.82, 2.24) is 4.31 Å². The van der Waals surface area contributed by atoms with Gasteiger partial charge in [0.05, 0.1) is 13.2 Å². The van der Waals surface area contributed by atoms with E-state index in [1.165, 1.54) is 0 Å². The molecule has 1 amide bonds. The third-order valence-electron chi connectivity index (χ3n) is 2.77. The van der Waals surface area contributed by atoms with Gasteiger partial charge < -0.3 is 9.47 Å². The Morgan fingerprint density at radius 1 is 1.33 bits per heavy atom. The van der Waals surface area contributed by atoms with Crippen molar-refractivity contribution in [2.75, 3.05) is 19.8 Å². The van der Waals surface area contributed by atoms with Crippen molar-refractivity contribution >= 4 is 16.4 Å². The second-order valence-electron chi connectivity index (χ2n) is 5.49. The molecule has 2 saturated heterocycles. The number of rotatable bonds is 0. The van der Waals surface area contributed by atoms with Gasteiger partial charge in [-0.1, -0.05) is 0 Å². The molecule has 7 nitrogen and oxygen atoms in total. The zero-order valence-electron chi connectivity index (χ0n) is 10.6. The highest BCUT2D eigenvalue weighted by Gasteiger charge is 2.57. The van der Waals surface area contributed by atoms with Crippen molar-refractivity contribution in [1.29, 1.82) is 0 Å². The first-order chi connectivity index (χ1) is 8.16. The maximum Gasteiger partial charge on any atom is 0.426 e. The summed E-state index contributed by atoms with van der Waals surface area (Å²) in [5.74, 6) is 0. The lowest BCUT2D eigenvalue weighted by atomic mass is 10.0. The van der Waals surface area contributed by atoms with Crippen molar-refractivity contribution in [3.05, 3.63) is 0 Å². The molecule has 0 aromatic heterocycles. The Labute approximate surface area is 106 Å². The molecule has 2 fully saturated rings. The van der Waals surface area contributed by atoms with Gasteiger partial charge in [0.1, 0.15) is 11.1 Å². The lowest BCUT2D eigenvalue weighted by Crippen LogP contribution is -2.52. The van der Waals surface area contributed by atoms with E-state index in [4.69, 9.17) is 13.7 Å². The topological polar surface area (TPSA) is 82.1 Å². The van der Waals surface area contributed by atoms with Crippen molar-refractivity contribution in [2.24, 2.45) is 0 Å². The molecular formula is C10H17NO6S. The second kappa shape index (κ2) is 4.07.